The fourth-order valence-corrected chi connectivity index (χ4v) is 6.85. The standard InChI is InChI=1S/C36H36ClN5O3/c1-23-30-19-33(39(23)2)31-18-26(37)10-9-25(31)22-41-16-15-29-24(21-41)6-4-8-35(29)45-17-5-7-32-34(20-38-40(32)3)42(36(30)44)27-11-13-28(43)14-12-27/h4,6,8-14,18-20,43H,5,7,15-17,21-22H2,1-3H3. The quantitative estimate of drug-likeness (QED) is 0.219. The molecule has 3 aromatic carbocycles. The number of phenols is 1. The first-order valence-corrected chi connectivity index (χ1v) is 15.7. The highest BCUT2D eigenvalue weighted by atomic mass is 35.5. The average Bonchev–Trinajstić information content (AvgIpc) is 3.54. The van der Waals surface area contributed by atoms with Crippen LogP contribution in [0.3, 0.4) is 0 Å². The second-order valence-corrected chi connectivity index (χ2v) is 12.4. The molecule has 1 atom stereocenters. The molecule has 3 aliphatic heterocycles. The first-order valence-electron chi connectivity index (χ1n) is 15.3. The Kier molecular flexibility index (Phi) is 7.63. The summed E-state index contributed by atoms with van der Waals surface area (Å²) in [6.07, 6.45) is 4.09. The topological polar surface area (TPSA) is 75.8 Å². The smallest absolute Gasteiger partial charge is 0.264 e. The van der Waals surface area contributed by atoms with Crippen molar-refractivity contribution in [2.75, 3.05) is 18.1 Å². The van der Waals surface area contributed by atoms with Crippen LogP contribution in [0.5, 0.6) is 11.5 Å². The summed E-state index contributed by atoms with van der Waals surface area (Å²) in [5.74, 6) is 0.913. The lowest BCUT2D eigenvalue weighted by Gasteiger charge is -2.30. The number of phenolic OH excluding ortho intramolecular Hbond substituents is 1. The van der Waals surface area contributed by atoms with Crippen molar-refractivity contribution in [1.82, 2.24) is 19.2 Å². The Hall–Kier alpha value is -4.53. The molecule has 9 heteroatoms. The van der Waals surface area contributed by atoms with E-state index in [1.807, 2.05) is 43.9 Å². The number of hydrogen-bond acceptors (Lipinski definition) is 5. The Bertz CT molecular complexity index is 1910. The Balaban J connectivity index is 1.40. The SMILES string of the molecule is Cc1c2cc(n1C)-c1cc(Cl)ccc1CN1CCc3c(cccc3OCCCc3c(cnn3C)N(c3ccc(O)cc3)C2=O)C1. The van der Waals surface area contributed by atoms with Gasteiger partial charge >= 0.3 is 0 Å². The monoisotopic (exact) mass is 621 g/mol. The van der Waals surface area contributed by atoms with Gasteiger partial charge < -0.3 is 14.4 Å². The molecule has 5 aromatic rings. The van der Waals surface area contributed by atoms with Crippen LogP contribution in [0.1, 0.15) is 44.9 Å². The Morgan fingerprint density at radius 1 is 0.933 bits per heavy atom. The summed E-state index contributed by atoms with van der Waals surface area (Å²) in [6, 6.07) is 21.1. The maximum atomic E-state index is 14.7. The number of nitrogens with zero attached hydrogens (tertiary/aromatic N) is 5. The molecule has 0 fully saturated rings. The van der Waals surface area contributed by atoms with Gasteiger partial charge in [0.05, 0.1) is 29.7 Å². The van der Waals surface area contributed by atoms with Crippen LogP contribution < -0.4 is 9.64 Å². The van der Waals surface area contributed by atoms with Gasteiger partial charge in [0.15, 0.2) is 0 Å². The largest absolute Gasteiger partial charge is 0.508 e. The highest BCUT2D eigenvalue weighted by molar-refractivity contribution is 6.30. The van der Waals surface area contributed by atoms with E-state index < -0.39 is 0 Å². The van der Waals surface area contributed by atoms with E-state index in [-0.39, 0.29) is 11.7 Å². The van der Waals surface area contributed by atoms with Gasteiger partial charge in [0.1, 0.15) is 11.5 Å². The highest BCUT2D eigenvalue weighted by Crippen LogP contribution is 2.37. The molecule has 8 rings (SSSR count). The van der Waals surface area contributed by atoms with Gasteiger partial charge in [-0.1, -0.05) is 29.8 Å². The zero-order valence-corrected chi connectivity index (χ0v) is 26.5. The van der Waals surface area contributed by atoms with Crippen LogP contribution in [-0.2, 0) is 40.0 Å². The molecular weight excluding hydrogens is 586 g/mol. The number of hydrogen-bond donors (Lipinski definition) is 1. The molecule has 8 nitrogen and oxygen atoms in total. The molecule has 230 valence electrons. The van der Waals surface area contributed by atoms with Crippen molar-refractivity contribution >= 4 is 28.9 Å². The molecule has 45 heavy (non-hydrogen) atoms. The van der Waals surface area contributed by atoms with Crippen molar-refractivity contribution in [1.29, 1.82) is 0 Å². The van der Waals surface area contributed by atoms with Gasteiger partial charge in [0.25, 0.3) is 5.91 Å². The Morgan fingerprint density at radius 2 is 1.73 bits per heavy atom. The van der Waals surface area contributed by atoms with Crippen LogP contribution in [-0.4, -0.2) is 43.4 Å². The van der Waals surface area contributed by atoms with Gasteiger partial charge in [0, 0.05) is 61.4 Å². The molecule has 3 aliphatic rings. The zero-order chi connectivity index (χ0) is 31.2. The summed E-state index contributed by atoms with van der Waals surface area (Å²) in [7, 11) is 3.90. The number of aryl methyl sites for hydroxylation is 1. The zero-order valence-electron chi connectivity index (χ0n) is 25.8. The highest BCUT2D eigenvalue weighted by Gasteiger charge is 2.29. The molecule has 1 unspecified atom stereocenters. The van der Waals surface area contributed by atoms with Crippen LogP contribution in [0.15, 0.2) is 72.9 Å². The maximum absolute atomic E-state index is 14.7. The molecule has 0 aliphatic carbocycles. The van der Waals surface area contributed by atoms with E-state index in [1.54, 1.807) is 35.4 Å². The number of carbonyl (C=O) groups is 1. The lowest BCUT2D eigenvalue weighted by molar-refractivity contribution is 0.0998. The van der Waals surface area contributed by atoms with Crippen LogP contribution >= 0.6 is 11.6 Å². The number of benzene rings is 3. The number of amides is 1. The summed E-state index contributed by atoms with van der Waals surface area (Å²) in [5, 5.41) is 15.3. The first kappa shape index (κ1) is 29.2. The van der Waals surface area contributed by atoms with Gasteiger partial charge in [-0.25, -0.2) is 0 Å². The minimum Gasteiger partial charge on any atom is -0.508 e. The van der Waals surface area contributed by atoms with Crippen molar-refractivity contribution in [2.24, 2.45) is 14.1 Å². The predicted octanol–water partition coefficient (Wildman–Crippen LogP) is 6.95. The van der Waals surface area contributed by atoms with Gasteiger partial charge in [0.2, 0.25) is 0 Å². The van der Waals surface area contributed by atoms with Crippen LogP contribution in [0.25, 0.3) is 11.3 Å². The van der Waals surface area contributed by atoms with Gasteiger partial charge in [-0.2, -0.15) is 5.10 Å². The van der Waals surface area contributed by atoms with Crippen molar-refractivity contribution < 1.29 is 14.6 Å². The first-order chi connectivity index (χ1) is 21.8. The minimum absolute atomic E-state index is 0.133. The second-order valence-electron chi connectivity index (χ2n) is 12.0. The van der Waals surface area contributed by atoms with E-state index in [2.05, 4.69) is 38.8 Å². The lowest BCUT2D eigenvalue weighted by Crippen LogP contribution is -2.30. The molecule has 1 amide bonds. The summed E-state index contributed by atoms with van der Waals surface area (Å²) in [5.41, 5.74) is 9.37. The third-order valence-electron chi connectivity index (χ3n) is 9.22. The number of ether oxygens (including phenoxy) is 1. The summed E-state index contributed by atoms with van der Waals surface area (Å²) < 4.78 is 10.3. The molecule has 1 N–H and O–H groups in total. The molecule has 5 heterocycles. The van der Waals surface area contributed by atoms with Crippen molar-refractivity contribution in [2.45, 2.75) is 39.3 Å². The summed E-state index contributed by atoms with van der Waals surface area (Å²) >= 11 is 6.59. The summed E-state index contributed by atoms with van der Waals surface area (Å²) in [6.45, 7) is 5.04. The fraction of sp³-hybridized carbons (Fsp3) is 0.278. The predicted molar refractivity (Wildman–Crippen MR) is 176 cm³/mol. The van der Waals surface area contributed by atoms with E-state index in [4.69, 9.17) is 16.3 Å². The number of halogens is 1. The third kappa shape index (κ3) is 5.38. The molecule has 0 spiro atoms. The fourth-order valence-electron chi connectivity index (χ4n) is 6.68. The number of aromatic hydroxyl groups is 1. The van der Waals surface area contributed by atoms with E-state index in [0.717, 1.165) is 66.4 Å². The Labute approximate surface area is 268 Å². The number of fused-ring (bicyclic) bond motifs is 5. The minimum atomic E-state index is -0.174. The Morgan fingerprint density at radius 3 is 2.56 bits per heavy atom. The lowest BCUT2D eigenvalue weighted by atomic mass is 9.97. The van der Waals surface area contributed by atoms with Gasteiger partial charge in [-0.15, -0.1) is 0 Å². The van der Waals surface area contributed by atoms with Gasteiger partial charge in [-0.05, 0) is 91.4 Å². The molecule has 0 saturated carbocycles. The molecule has 2 aromatic heterocycles. The van der Waals surface area contributed by atoms with Crippen LogP contribution in [0, 0.1) is 6.92 Å². The van der Waals surface area contributed by atoms with E-state index in [1.165, 1.54) is 11.1 Å². The number of carbonyl (C=O) groups excluding carboxylic acids is 1. The summed E-state index contributed by atoms with van der Waals surface area (Å²) in [4.78, 5) is 18.9. The van der Waals surface area contributed by atoms with Gasteiger partial charge in [-0.3, -0.25) is 19.3 Å². The van der Waals surface area contributed by atoms with Crippen LogP contribution in [0.4, 0.5) is 11.4 Å². The number of anilines is 2. The molecule has 0 saturated heterocycles. The molecule has 0 radical (unpaired) electrons. The maximum Gasteiger partial charge on any atom is 0.264 e. The van der Waals surface area contributed by atoms with Crippen molar-refractivity contribution in [3.8, 4) is 22.8 Å². The molecule has 6 bridgehead atoms. The van der Waals surface area contributed by atoms with E-state index in [0.29, 0.717) is 35.0 Å². The van der Waals surface area contributed by atoms with E-state index >= 15 is 0 Å². The molecular formula is C36H36ClN5O3. The average molecular weight is 622 g/mol. The second kappa shape index (κ2) is 11.8. The normalized spacial score (nSPS) is 16.8. The number of rotatable bonds is 1. The van der Waals surface area contributed by atoms with Crippen molar-refractivity contribution in [3.63, 3.8) is 0 Å². The van der Waals surface area contributed by atoms with Crippen LogP contribution in [0.2, 0.25) is 5.02 Å². The number of aromatic nitrogens is 3. The third-order valence-corrected chi connectivity index (χ3v) is 9.45. The van der Waals surface area contributed by atoms with Crippen molar-refractivity contribution in [3.05, 3.63) is 112 Å². The van der Waals surface area contributed by atoms with E-state index in [9.17, 15) is 9.90 Å².